The number of fused-ring (bicyclic) bond motifs is 1. The summed E-state index contributed by atoms with van der Waals surface area (Å²) < 4.78 is 12.0. The lowest BCUT2D eigenvalue weighted by atomic mass is 10.1. The number of thioether (sulfide) groups is 1. The molecule has 0 amide bonds. The van der Waals surface area contributed by atoms with Gasteiger partial charge in [0.05, 0.1) is 19.2 Å². The molecule has 1 N–H and O–H groups in total. The molecule has 0 spiro atoms. The maximum atomic E-state index is 6.23. The number of benzene rings is 1. The fourth-order valence-electron chi connectivity index (χ4n) is 5.17. The Kier molecular flexibility index (Phi) is 8.36. The van der Waals surface area contributed by atoms with Crippen molar-refractivity contribution in [1.82, 2.24) is 19.8 Å². The fraction of sp³-hybridized carbons (Fsp3) is 0.692. The van der Waals surface area contributed by atoms with Crippen molar-refractivity contribution in [3.8, 4) is 11.5 Å². The van der Waals surface area contributed by atoms with Crippen molar-refractivity contribution in [3.05, 3.63) is 12.1 Å². The second-order valence-electron chi connectivity index (χ2n) is 9.96. The van der Waals surface area contributed by atoms with Crippen molar-refractivity contribution < 1.29 is 9.47 Å². The van der Waals surface area contributed by atoms with Crippen LogP contribution >= 0.6 is 11.8 Å². The van der Waals surface area contributed by atoms with Crippen molar-refractivity contribution >= 4 is 34.4 Å². The molecule has 1 aromatic heterocycles. The molecule has 3 aliphatic rings. The van der Waals surface area contributed by atoms with Crippen LogP contribution in [0.4, 0.5) is 11.8 Å². The van der Waals surface area contributed by atoms with Crippen LogP contribution in [-0.4, -0.2) is 104 Å². The molecule has 3 aliphatic heterocycles. The van der Waals surface area contributed by atoms with Crippen LogP contribution in [0.5, 0.6) is 11.5 Å². The first-order valence-electron chi connectivity index (χ1n) is 13.2. The Labute approximate surface area is 213 Å². The zero-order valence-electron chi connectivity index (χ0n) is 21.3. The summed E-state index contributed by atoms with van der Waals surface area (Å²) in [5.74, 6) is 5.64. The quantitative estimate of drug-likeness (QED) is 0.521. The summed E-state index contributed by atoms with van der Waals surface area (Å²) in [7, 11) is 3.88. The Morgan fingerprint density at radius 1 is 1.00 bits per heavy atom. The smallest absolute Gasteiger partial charge is 0.227 e. The molecule has 8 nitrogen and oxygen atoms in total. The van der Waals surface area contributed by atoms with Crippen molar-refractivity contribution in [2.75, 3.05) is 88.3 Å². The van der Waals surface area contributed by atoms with Gasteiger partial charge in [0.25, 0.3) is 0 Å². The lowest BCUT2D eigenvalue weighted by molar-refractivity contribution is 0.254. The topological polar surface area (TPSA) is 66.0 Å². The number of anilines is 2. The third kappa shape index (κ3) is 6.24. The van der Waals surface area contributed by atoms with Gasteiger partial charge in [-0.05, 0) is 69.8 Å². The molecule has 5 rings (SSSR count). The predicted molar refractivity (Wildman–Crippen MR) is 146 cm³/mol. The number of likely N-dealkylation sites (tertiary alicyclic amines) is 1. The van der Waals surface area contributed by atoms with Gasteiger partial charge in [-0.15, -0.1) is 0 Å². The van der Waals surface area contributed by atoms with Crippen molar-refractivity contribution in [2.45, 2.75) is 38.1 Å². The molecule has 1 aromatic carbocycles. The number of rotatable bonds is 9. The van der Waals surface area contributed by atoms with E-state index in [0.29, 0.717) is 12.6 Å². The second-order valence-corrected chi connectivity index (χ2v) is 11.2. The summed E-state index contributed by atoms with van der Waals surface area (Å²) >= 11 is 2.04. The Balaban J connectivity index is 1.40. The number of hydrogen-bond donors (Lipinski definition) is 1. The van der Waals surface area contributed by atoms with Crippen molar-refractivity contribution in [3.63, 3.8) is 0 Å². The molecule has 0 unspecified atom stereocenters. The van der Waals surface area contributed by atoms with Gasteiger partial charge in [-0.2, -0.15) is 16.7 Å². The van der Waals surface area contributed by atoms with E-state index in [0.717, 1.165) is 86.2 Å². The van der Waals surface area contributed by atoms with E-state index in [2.05, 4.69) is 33.1 Å². The fourth-order valence-corrected chi connectivity index (χ4v) is 6.27. The molecule has 0 saturated carbocycles. The van der Waals surface area contributed by atoms with E-state index in [-0.39, 0.29) is 0 Å². The molecule has 192 valence electrons. The molecule has 4 heterocycles. The second kappa shape index (κ2) is 11.8. The molecule has 35 heavy (non-hydrogen) atoms. The zero-order chi connectivity index (χ0) is 24.0. The number of ether oxygens (including phenoxy) is 2. The summed E-state index contributed by atoms with van der Waals surface area (Å²) in [6.07, 6.45) is 5.99. The molecule has 0 radical (unpaired) electrons. The average Bonchev–Trinajstić information content (AvgIpc) is 3.41. The summed E-state index contributed by atoms with van der Waals surface area (Å²) in [6.45, 7) is 8.16. The third-order valence-corrected chi connectivity index (χ3v) is 8.44. The minimum Gasteiger partial charge on any atom is -0.493 e. The number of methoxy groups -OCH3 is 1. The van der Waals surface area contributed by atoms with Gasteiger partial charge >= 0.3 is 0 Å². The van der Waals surface area contributed by atoms with Crippen LogP contribution in [0.1, 0.15) is 32.1 Å². The highest BCUT2D eigenvalue weighted by Crippen LogP contribution is 2.36. The molecule has 0 atom stereocenters. The van der Waals surface area contributed by atoms with Gasteiger partial charge in [-0.1, -0.05) is 0 Å². The maximum Gasteiger partial charge on any atom is 0.227 e. The molecular weight excluding hydrogens is 460 g/mol. The third-order valence-electron chi connectivity index (χ3n) is 7.39. The number of nitrogens with one attached hydrogen (secondary N) is 1. The highest BCUT2D eigenvalue weighted by molar-refractivity contribution is 7.99. The number of nitrogens with zero attached hydrogens (tertiary/aromatic N) is 5. The number of piperazine rings is 1. The molecule has 3 fully saturated rings. The molecule has 2 aromatic rings. The van der Waals surface area contributed by atoms with Crippen LogP contribution < -0.4 is 19.7 Å². The summed E-state index contributed by atoms with van der Waals surface area (Å²) in [5.41, 5.74) is 0.914. The van der Waals surface area contributed by atoms with E-state index >= 15 is 0 Å². The zero-order valence-corrected chi connectivity index (χ0v) is 22.1. The van der Waals surface area contributed by atoms with Gasteiger partial charge in [0, 0.05) is 50.2 Å². The first-order valence-corrected chi connectivity index (χ1v) is 14.4. The van der Waals surface area contributed by atoms with Crippen LogP contribution in [0.3, 0.4) is 0 Å². The summed E-state index contributed by atoms with van der Waals surface area (Å²) in [4.78, 5) is 17.2. The van der Waals surface area contributed by atoms with E-state index in [1.807, 2.05) is 17.8 Å². The normalized spacial score (nSPS) is 20.5. The Bertz CT molecular complexity index is 972. The first-order chi connectivity index (χ1) is 17.2. The number of hydrogen-bond acceptors (Lipinski definition) is 9. The maximum absolute atomic E-state index is 6.23. The Morgan fingerprint density at radius 2 is 1.77 bits per heavy atom. The highest BCUT2D eigenvalue weighted by atomic mass is 32.2. The van der Waals surface area contributed by atoms with Crippen LogP contribution in [0.2, 0.25) is 0 Å². The standard InChI is InChI=1S/C26H40N6O2S/c1-30-11-13-32(14-12-30)26-28-22-19-24(34-15-5-10-31-8-3-4-9-31)23(33-2)18-21(22)25(29-26)27-20-6-16-35-17-7-20/h18-20H,3-17H2,1-2H3,(H,27,28,29). The number of aromatic nitrogens is 2. The van der Waals surface area contributed by atoms with Gasteiger partial charge in [-0.25, -0.2) is 4.98 Å². The van der Waals surface area contributed by atoms with Gasteiger partial charge in [0.15, 0.2) is 11.5 Å². The molecule has 0 aliphatic carbocycles. The van der Waals surface area contributed by atoms with Crippen LogP contribution in [-0.2, 0) is 0 Å². The summed E-state index contributed by atoms with van der Waals surface area (Å²) in [6, 6.07) is 4.55. The monoisotopic (exact) mass is 500 g/mol. The van der Waals surface area contributed by atoms with Crippen molar-refractivity contribution in [2.24, 2.45) is 0 Å². The van der Waals surface area contributed by atoms with E-state index in [9.17, 15) is 0 Å². The molecular formula is C26H40N6O2S. The van der Waals surface area contributed by atoms with Gasteiger partial charge < -0.3 is 29.5 Å². The SMILES string of the molecule is COc1cc2c(NC3CCSCC3)nc(N3CCN(C)CC3)nc2cc1OCCCN1CCCC1. The average molecular weight is 501 g/mol. The first kappa shape index (κ1) is 24.7. The highest BCUT2D eigenvalue weighted by Gasteiger charge is 2.22. The van der Waals surface area contributed by atoms with E-state index in [4.69, 9.17) is 19.4 Å². The predicted octanol–water partition coefficient (Wildman–Crippen LogP) is 3.56. The van der Waals surface area contributed by atoms with Gasteiger partial charge in [0.1, 0.15) is 5.82 Å². The van der Waals surface area contributed by atoms with Crippen LogP contribution in [0.15, 0.2) is 12.1 Å². The van der Waals surface area contributed by atoms with Gasteiger partial charge in [-0.3, -0.25) is 0 Å². The lowest BCUT2D eigenvalue weighted by Gasteiger charge is -2.33. The van der Waals surface area contributed by atoms with E-state index in [1.165, 1.54) is 37.4 Å². The Morgan fingerprint density at radius 3 is 2.51 bits per heavy atom. The van der Waals surface area contributed by atoms with E-state index < -0.39 is 0 Å². The van der Waals surface area contributed by atoms with Gasteiger partial charge in [0.2, 0.25) is 5.95 Å². The molecule has 9 heteroatoms. The molecule has 3 saturated heterocycles. The van der Waals surface area contributed by atoms with E-state index in [1.54, 1.807) is 7.11 Å². The minimum atomic E-state index is 0.446. The van der Waals surface area contributed by atoms with Crippen LogP contribution in [0, 0.1) is 0 Å². The van der Waals surface area contributed by atoms with Crippen molar-refractivity contribution in [1.29, 1.82) is 0 Å². The minimum absolute atomic E-state index is 0.446. The largest absolute Gasteiger partial charge is 0.493 e. The molecule has 0 bridgehead atoms. The lowest BCUT2D eigenvalue weighted by Crippen LogP contribution is -2.45. The number of likely N-dealkylation sites (N-methyl/N-ethyl adjacent to an activating group) is 1. The van der Waals surface area contributed by atoms with Crippen LogP contribution in [0.25, 0.3) is 10.9 Å². The summed E-state index contributed by atoms with van der Waals surface area (Å²) in [5, 5.41) is 4.77. The Hall–Kier alpha value is -1.97.